The summed E-state index contributed by atoms with van der Waals surface area (Å²) >= 11 is 0. The molecule has 27 heavy (non-hydrogen) atoms. The van der Waals surface area contributed by atoms with E-state index in [0.29, 0.717) is 18.8 Å². The number of nitrogens with one attached hydrogen (secondary N) is 1. The van der Waals surface area contributed by atoms with Gasteiger partial charge in [0.25, 0.3) is 0 Å². The standard InChI is InChI=1S/C21H29NO4S/c1-14(2)27(24,25)21-13-18(16(4)12-19(21)23)22-9-6-10-26-20-8-7-15(3)11-17(20)5/h7-8,11-14,22-23H,6,9-10H2,1-5H3. The fraction of sp³-hybridized carbons (Fsp3) is 0.429. The number of hydrogen-bond donors (Lipinski definition) is 2. The van der Waals surface area contributed by atoms with Crippen LogP contribution in [-0.4, -0.2) is 31.9 Å². The summed E-state index contributed by atoms with van der Waals surface area (Å²) < 4.78 is 30.6. The highest BCUT2D eigenvalue weighted by Crippen LogP contribution is 2.31. The van der Waals surface area contributed by atoms with Crippen molar-refractivity contribution in [2.45, 2.75) is 51.2 Å². The van der Waals surface area contributed by atoms with Crippen LogP contribution in [0.1, 0.15) is 37.0 Å². The molecule has 0 aliphatic heterocycles. The van der Waals surface area contributed by atoms with E-state index in [0.717, 1.165) is 23.3 Å². The number of hydrogen-bond acceptors (Lipinski definition) is 5. The number of ether oxygens (including phenoxy) is 1. The monoisotopic (exact) mass is 391 g/mol. The van der Waals surface area contributed by atoms with Crippen LogP contribution in [0.2, 0.25) is 0 Å². The number of phenolic OH excluding ortho intramolecular Hbond substituents is 1. The number of sulfone groups is 1. The zero-order valence-corrected chi connectivity index (χ0v) is 17.5. The fourth-order valence-corrected chi connectivity index (χ4v) is 3.92. The van der Waals surface area contributed by atoms with E-state index in [4.69, 9.17) is 4.74 Å². The summed E-state index contributed by atoms with van der Waals surface area (Å²) in [6.07, 6.45) is 0.764. The predicted octanol–water partition coefficient (Wildman–Crippen LogP) is 4.38. The SMILES string of the molecule is Cc1ccc(OCCCNc2cc(S(=O)(=O)C(C)C)c(O)cc2C)c(C)c1. The normalized spacial score (nSPS) is 11.6. The third kappa shape index (κ3) is 5.16. The average molecular weight is 392 g/mol. The molecule has 6 heteroatoms. The summed E-state index contributed by atoms with van der Waals surface area (Å²) in [6, 6.07) is 9.10. The van der Waals surface area contributed by atoms with Gasteiger partial charge < -0.3 is 15.2 Å². The number of rotatable bonds is 8. The molecular formula is C21H29NO4S. The lowest BCUT2D eigenvalue weighted by Crippen LogP contribution is -2.15. The maximum atomic E-state index is 12.4. The summed E-state index contributed by atoms with van der Waals surface area (Å²) in [7, 11) is -3.54. The molecule has 2 N–H and O–H groups in total. The molecule has 0 unspecified atom stereocenters. The zero-order valence-electron chi connectivity index (χ0n) is 16.7. The van der Waals surface area contributed by atoms with Crippen molar-refractivity contribution in [1.29, 1.82) is 0 Å². The lowest BCUT2D eigenvalue weighted by atomic mass is 10.1. The number of phenols is 1. The minimum Gasteiger partial charge on any atom is -0.507 e. The summed E-state index contributed by atoms with van der Waals surface area (Å²) in [5.74, 6) is 0.677. The molecule has 148 valence electrons. The topological polar surface area (TPSA) is 75.6 Å². The Morgan fingerprint density at radius 3 is 2.41 bits per heavy atom. The van der Waals surface area contributed by atoms with Crippen LogP contribution in [0.5, 0.6) is 11.5 Å². The molecule has 0 bridgehead atoms. The van der Waals surface area contributed by atoms with Gasteiger partial charge in [0, 0.05) is 12.2 Å². The van der Waals surface area contributed by atoms with Gasteiger partial charge >= 0.3 is 0 Å². The van der Waals surface area contributed by atoms with Crippen LogP contribution in [0, 0.1) is 20.8 Å². The third-order valence-electron chi connectivity index (χ3n) is 4.46. The summed E-state index contributed by atoms with van der Waals surface area (Å²) in [6.45, 7) is 10.3. The van der Waals surface area contributed by atoms with E-state index in [9.17, 15) is 13.5 Å². The Morgan fingerprint density at radius 1 is 1.07 bits per heavy atom. The van der Waals surface area contributed by atoms with Crippen molar-refractivity contribution >= 4 is 15.5 Å². The second-order valence-electron chi connectivity index (χ2n) is 7.13. The first kappa shape index (κ1) is 21.1. The van der Waals surface area contributed by atoms with Gasteiger partial charge in [-0.1, -0.05) is 17.7 Å². The molecule has 0 radical (unpaired) electrons. The summed E-state index contributed by atoms with van der Waals surface area (Å²) in [5, 5.41) is 12.7. The van der Waals surface area contributed by atoms with Gasteiger partial charge in [-0.05, 0) is 70.4 Å². The smallest absolute Gasteiger partial charge is 0.184 e. The Bertz CT molecular complexity index is 905. The first-order valence-electron chi connectivity index (χ1n) is 9.14. The second-order valence-corrected chi connectivity index (χ2v) is 9.60. The molecule has 0 aliphatic carbocycles. The second kappa shape index (κ2) is 8.65. The number of anilines is 1. The third-order valence-corrected chi connectivity index (χ3v) is 6.64. The first-order chi connectivity index (χ1) is 12.6. The molecular weight excluding hydrogens is 362 g/mol. The summed E-state index contributed by atoms with van der Waals surface area (Å²) in [4.78, 5) is -0.0304. The van der Waals surface area contributed by atoms with Crippen molar-refractivity contribution < 1.29 is 18.3 Å². The van der Waals surface area contributed by atoms with Crippen molar-refractivity contribution in [2.75, 3.05) is 18.5 Å². The zero-order chi connectivity index (χ0) is 20.2. The average Bonchev–Trinajstić information content (AvgIpc) is 2.57. The summed E-state index contributed by atoms with van der Waals surface area (Å²) in [5.41, 5.74) is 3.82. The molecule has 2 rings (SSSR count). The van der Waals surface area contributed by atoms with Crippen LogP contribution in [0.4, 0.5) is 5.69 Å². The Balaban J connectivity index is 1.98. The number of benzene rings is 2. The molecule has 5 nitrogen and oxygen atoms in total. The van der Waals surface area contributed by atoms with Gasteiger partial charge in [0.1, 0.15) is 16.4 Å². The highest BCUT2D eigenvalue weighted by atomic mass is 32.2. The molecule has 0 aromatic heterocycles. The molecule has 2 aromatic carbocycles. The molecule has 0 saturated heterocycles. The van der Waals surface area contributed by atoms with Crippen molar-refractivity contribution in [3.63, 3.8) is 0 Å². The largest absolute Gasteiger partial charge is 0.507 e. The molecule has 0 aliphatic rings. The van der Waals surface area contributed by atoms with Gasteiger partial charge in [-0.15, -0.1) is 0 Å². The van der Waals surface area contributed by atoms with Crippen molar-refractivity contribution in [2.24, 2.45) is 0 Å². The van der Waals surface area contributed by atoms with Crippen molar-refractivity contribution in [3.8, 4) is 11.5 Å². The van der Waals surface area contributed by atoms with E-state index in [-0.39, 0.29) is 10.6 Å². The molecule has 0 fully saturated rings. The van der Waals surface area contributed by atoms with E-state index < -0.39 is 15.1 Å². The van der Waals surface area contributed by atoms with Crippen LogP contribution in [0.15, 0.2) is 35.2 Å². The Hall–Kier alpha value is -2.21. The molecule has 0 amide bonds. The lowest BCUT2D eigenvalue weighted by Gasteiger charge is -2.15. The Kier molecular flexibility index (Phi) is 6.76. The Labute approximate surface area is 162 Å². The molecule has 0 heterocycles. The van der Waals surface area contributed by atoms with Gasteiger partial charge in [0.15, 0.2) is 9.84 Å². The minimum absolute atomic E-state index is 0.0304. The Morgan fingerprint density at radius 2 is 1.78 bits per heavy atom. The molecule has 0 spiro atoms. The fourth-order valence-electron chi connectivity index (χ4n) is 2.78. The van der Waals surface area contributed by atoms with E-state index in [1.807, 2.05) is 26.0 Å². The lowest BCUT2D eigenvalue weighted by molar-refractivity contribution is 0.313. The quantitative estimate of drug-likeness (QED) is 0.516. The number of aryl methyl sites for hydroxylation is 3. The highest BCUT2D eigenvalue weighted by Gasteiger charge is 2.24. The maximum Gasteiger partial charge on any atom is 0.184 e. The molecule has 0 saturated carbocycles. The van der Waals surface area contributed by atoms with E-state index in [1.54, 1.807) is 13.8 Å². The van der Waals surface area contributed by atoms with Crippen LogP contribution in [0.3, 0.4) is 0 Å². The van der Waals surface area contributed by atoms with Crippen LogP contribution >= 0.6 is 0 Å². The maximum absolute atomic E-state index is 12.4. The van der Waals surface area contributed by atoms with E-state index in [1.165, 1.54) is 17.7 Å². The van der Waals surface area contributed by atoms with Gasteiger partial charge in [-0.2, -0.15) is 0 Å². The molecule has 0 atom stereocenters. The van der Waals surface area contributed by atoms with Crippen molar-refractivity contribution in [3.05, 3.63) is 47.0 Å². The van der Waals surface area contributed by atoms with Gasteiger partial charge in [-0.3, -0.25) is 0 Å². The predicted molar refractivity (Wildman–Crippen MR) is 110 cm³/mol. The van der Waals surface area contributed by atoms with E-state index >= 15 is 0 Å². The highest BCUT2D eigenvalue weighted by molar-refractivity contribution is 7.92. The minimum atomic E-state index is -3.54. The first-order valence-corrected chi connectivity index (χ1v) is 10.7. The number of aromatic hydroxyl groups is 1. The van der Waals surface area contributed by atoms with E-state index in [2.05, 4.69) is 18.3 Å². The van der Waals surface area contributed by atoms with Gasteiger partial charge in [0.2, 0.25) is 0 Å². The van der Waals surface area contributed by atoms with Crippen molar-refractivity contribution in [1.82, 2.24) is 0 Å². The van der Waals surface area contributed by atoms with Crippen LogP contribution in [0.25, 0.3) is 0 Å². The molecule has 2 aromatic rings. The van der Waals surface area contributed by atoms with Crippen LogP contribution in [-0.2, 0) is 9.84 Å². The van der Waals surface area contributed by atoms with Gasteiger partial charge in [0.05, 0.1) is 11.9 Å². The van der Waals surface area contributed by atoms with Crippen LogP contribution < -0.4 is 10.1 Å². The van der Waals surface area contributed by atoms with Gasteiger partial charge in [-0.25, -0.2) is 8.42 Å².